The van der Waals surface area contributed by atoms with E-state index in [1.54, 1.807) is 0 Å². The molecule has 1 atom stereocenters. The number of anilines is 1. The molecular weight excluding hydrogens is 278 g/mol. The van der Waals surface area contributed by atoms with Gasteiger partial charge in [0.25, 0.3) is 0 Å². The quantitative estimate of drug-likeness (QED) is 0.883. The summed E-state index contributed by atoms with van der Waals surface area (Å²) >= 11 is 0. The van der Waals surface area contributed by atoms with Crippen molar-refractivity contribution in [3.05, 3.63) is 36.2 Å². The van der Waals surface area contributed by atoms with E-state index in [9.17, 15) is 0 Å². The first-order valence-electron chi connectivity index (χ1n) is 7.56. The molecular formula is C15H23N7. The molecule has 1 aliphatic rings. The highest BCUT2D eigenvalue weighted by molar-refractivity contribution is 5.27. The van der Waals surface area contributed by atoms with Crippen LogP contribution < -0.4 is 10.2 Å². The maximum Gasteiger partial charge on any atom is 0.225 e. The number of piperazine rings is 1. The molecule has 1 fully saturated rings. The van der Waals surface area contributed by atoms with Crippen LogP contribution in [-0.2, 0) is 13.6 Å². The molecule has 0 saturated carbocycles. The molecule has 0 aliphatic carbocycles. The molecule has 3 heterocycles. The van der Waals surface area contributed by atoms with Crippen molar-refractivity contribution in [1.82, 2.24) is 29.7 Å². The fourth-order valence-corrected chi connectivity index (χ4v) is 2.78. The van der Waals surface area contributed by atoms with Crippen molar-refractivity contribution < 1.29 is 0 Å². The Morgan fingerprint density at radius 3 is 2.91 bits per heavy atom. The number of imidazole rings is 1. The summed E-state index contributed by atoms with van der Waals surface area (Å²) in [5.74, 6) is 1.84. The van der Waals surface area contributed by atoms with Crippen LogP contribution in [0.15, 0.2) is 24.7 Å². The Labute approximate surface area is 131 Å². The average molecular weight is 301 g/mol. The second-order valence-electron chi connectivity index (χ2n) is 5.83. The number of aryl methyl sites for hydroxylation is 1. The summed E-state index contributed by atoms with van der Waals surface area (Å²) in [7, 11) is 5.96. The average Bonchev–Trinajstić information content (AvgIpc) is 2.94. The summed E-state index contributed by atoms with van der Waals surface area (Å²) in [5, 5.41) is 3.46. The first kappa shape index (κ1) is 14.9. The molecule has 1 unspecified atom stereocenters. The van der Waals surface area contributed by atoms with Crippen molar-refractivity contribution in [3.63, 3.8) is 0 Å². The van der Waals surface area contributed by atoms with E-state index >= 15 is 0 Å². The minimum atomic E-state index is 0.270. The first-order chi connectivity index (χ1) is 10.6. The summed E-state index contributed by atoms with van der Waals surface area (Å²) in [6.07, 6.45) is 5.68. The van der Waals surface area contributed by atoms with Crippen molar-refractivity contribution in [2.24, 2.45) is 7.05 Å². The van der Waals surface area contributed by atoms with Crippen LogP contribution in [0.4, 0.5) is 5.95 Å². The zero-order chi connectivity index (χ0) is 15.5. The van der Waals surface area contributed by atoms with Crippen LogP contribution in [0.2, 0.25) is 0 Å². The fraction of sp³-hybridized carbons (Fsp3) is 0.533. The standard InChI is InChI=1S/C15H23N7/c1-20(2)15-18-5-4-12(19-15)11-22-9-6-16-10-13(22)14-17-7-8-21(14)3/h4-5,7-8,13,16H,6,9-11H2,1-3H3. The van der Waals surface area contributed by atoms with Crippen LogP contribution >= 0.6 is 0 Å². The predicted molar refractivity (Wildman–Crippen MR) is 85.6 cm³/mol. The van der Waals surface area contributed by atoms with Crippen LogP contribution in [0.5, 0.6) is 0 Å². The normalized spacial score (nSPS) is 19.3. The molecule has 7 nitrogen and oxygen atoms in total. The Kier molecular flexibility index (Phi) is 4.35. The molecule has 0 radical (unpaired) electrons. The second-order valence-corrected chi connectivity index (χ2v) is 5.83. The second kappa shape index (κ2) is 6.41. The van der Waals surface area contributed by atoms with Crippen LogP contribution in [-0.4, -0.2) is 58.1 Å². The number of hydrogen-bond donors (Lipinski definition) is 1. The number of nitrogens with one attached hydrogen (secondary N) is 1. The third-order valence-electron chi connectivity index (χ3n) is 3.98. The number of rotatable bonds is 4. The van der Waals surface area contributed by atoms with E-state index in [-0.39, 0.29) is 6.04 Å². The van der Waals surface area contributed by atoms with E-state index in [4.69, 9.17) is 0 Å². The maximum absolute atomic E-state index is 4.63. The van der Waals surface area contributed by atoms with Crippen LogP contribution in [0.3, 0.4) is 0 Å². The molecule has 22 heavy (non-hydrogen) atoms. The topological polar surface area (TPSA) is 62.1 Å². The number of hydrogen-bond acceptors (Lipinski definition) is 6. The Bertz CT molecular complexity index is 622. The van der Waals surface area contributed by atoms with E-state index < -0.39 is 0 Å². The van der Waals surface area contributed by atoms with Gasteiger partial charge in [0.05, 0.1) is 11.7 Å². The van der Waals surface area contributed by atoms with Crippen molar-refractivity contribution in [2.45, 2.75) is 12.6 Å². The van der Waals surface area contributed by atoms with Gasteiger partial charge in [-0.1, -0.05) is 0 Å². The highest BCUT2D eigenvalue weighted by Gasteiger charge is 2.27. The van der Waals surface area contributed by atoms with E-state index in [0.29, 0.717) is 0 Å². The molecule has 7 heteroatoms. The van der Waals surface area contributed by atoms with Gasteiger partial charge in [0, 0.05) is 65.9 Å². The SMILES string of the molecule is CN(C)c1nccc(CN2CCNCC2c2nccn2C)n1. The maximum atomic E-state index is 4.63. The Balaban J connectivity index is 1.80. The van der Waals surface area contributed by atoms with Crippen molar-refractivity contribution in [1.29, 1.82) is 0 Å². The van der Waals surface area contributed by atoms with Crippen LogP contribution in [0.1, 0.15) is 17.6 Å². The van der Waals surface area contributed by atoms with E-state index in [1.807, 2.05) is 50.7 Å². The lowest BCUT2D eigenvalue weighted by atomic mass is 10.1. The number of nitrogens with zero attached hydrogens (tertiary/aromatic N) is 6. The molecule has 118 valence electrons. The van der Waals surface area contributed by atoms with Crippen LogP contribution in [0.25, 0.3) is 0 Å². The third-order valence-corrected chi connectivity index (χ3v) is 3.98. The van der Waals surface area contributed by atoms with Crippen molar-refractivity contribution >= 4 is 5.95 Å². The van der Waals surface area contributed by atoms with Crippen molar-refractivity contribution in [3.8, 4) is 0 Å². The van der Waals surface area contributed by atoms with Gasteiger partial charge >= 0.3 is 0 Å². The molecule has 1 N–H and O–H groups in total. The largest absolute Gasteiger partial charge is 0.347 e. The Morgan fingerprint density at radius 2 is 2.18 bits per heavy atom. The summed E-state index contributed by atoms with van der Waals surface area (Å²) in [5.41, 5.74) is 1.04. The molecule has 1 saturated heterocycles. The third kappa shape index (κ3) is 3.10. The van der Waals surface area contributed by atoms with Gasteiger partial charge < -0.3 is 14.8 Å². The van der Waals surface area contributed by atoms with Gasteiger partial charge in [-0.3, -0.25) is 4.90 Å². The lowest BCUT2D eigenvalue weighted by Crippen LogP contribution is -2.46. The van der Waals surface area contributed by atoms with Gasteiger partial charge in [-0.2, -0.15) is 0 Å². The molecule has 3 rings (SSSR count). The van der Waals surface area contributed by atoms with E-state index in [1.165, 1.54) is 0 Å². The van der Waals surface area contributed by atoms with Gasteiger partial charge in [0.15, 0.2) is 0 Å². The molecule has 2 aromatic rings. The van der Waals surface area contributed by atoms with Crippen LogP contribution in [0, 0.1) is 0 Å². The molecule has 0 amide bonds. The molecule has 2 aromatic heterocycles. The molecule has 0 aromatic carbocycles. The Hall–Kier alpha value is -1.99. The Morgan fingerprint density at radius 1 is 1.32 bits per heavy atom. The molecule has 1 aliphatic heterocycles. The monoisotopic (exact) mass is 301 g/mol. The fourth-order valence-electron chi connectivity index (χ4n) is 2.78. The summed E-state index contributed by atoms with van der Waals surface area (Å²) in [6, 6.07) is 2.26. The minimum Gasteiger partial charge on any atom is -0.347 e. The smallest absolute Gasteiger partial charge is 0.225 e. The first-order valence-corrected chi connectivity index (χ1v) is 7.56. The van der Waals surface area contributed by atoms with E-state index in [2.05, 4.69) is 29.7 Å². The zero-order valence-corrected chi connectivity index (χ0v) is 13.4. The van der Waals surface area contributed by atoms with Gasteiger partial charge in [-0.15, -0.1) is 0 Å². The summed E-state index contributed by atoms with van der Waals surface area (Å²) in [4.78, 5) is 17.8. The van der Waals surface area contributed by atoms with E-state index in [0.717, 1.165) is 43.6 Å². The van der Waals surface area contributed by atoms with Gasteiger partial charge in [0.1, 0.15) is 5.82 Å². The van der Waals surface area contributed by atoms with Gasteiger partial charge in [-0.25, -0.2) is 15.0 Å². The van der Waals surface area contributed by atoms with Crippen molar-refractivity contribution in [2.75, 3.05) is 38.6 Å². The zero-order valence-electron chi connectivity index (χ0n) is 13.4. The highest BCUT2D eigenvalue weighted by Crippen LogP contribution is 2.22. The molecule has 0 bridgehead atoms. The lowest BCUT2D eigenvalue weighted by molar-refractivity contribution is 0.143. The summed E-state index contributed by atoms with van der Waals surface area (Å²) in [6.45, 7) is 3.70. The minimum absolute atomic E-state index is 0.270. The highest BCUT2D eigenvalue weighted by atomic mass is 15.3. The lowest BCUT2D eigenvalue weighted by Gasteiger charge is -2.35. The predicted octanol–water partition coefficient (Wildman–Crippen LogP) is 0.423. The summed E-state index contributed by atoms with van der Waals surface area (Å²) < 4.78 is 2.09. The van der Waals surface area contributed by atoms with Gasteiger partial charge in [0.2, 0.25) is 5.95 Å². The number of aromatic nitrogens is 4. The molecule has 0 spiro atoms. The van der Waals surface area contributed by atoms with Gasteiger partial charge in [-0.05, 0) is 6.07 Å².